The maximum Gasteiger partial charge on any atom is 0.234 e. The summed E-state index contributed by atoms with van der Waals surface area (Å²) in [4.78, 5) is 10.5. The van der Waals surface area contributed by atoms with E-state index in [4.69, 9.17) is 5.73 Å². The van der Waals surface area contributed by atoms with E-state index in [-0.39, 0.29) is 19.4 Å². The van der Waals surface area contributed by atoms with Crippen LogP contribution >= 0.6 is 0 Å². The Balaban J connectivity index is 0.000000500. The number of carbonyl (C=O) groups is 1. The van der Waals surface area contributed by atoms with Gasteiger partial charge in [0.2, 0.25) is 5.91 Å². The third kappa shape index (κ3) is 1.01. The number of nitrogens with two attached hydrogens (primary N) is 1. The number of nitrogens with one attached hydrogen (secondary N) is 1. The number of hydrogen-bond donors (Lipinski definition) is 2. The average molecular weight is 142 g/mol. The van der Waals surface area contributed by atoms with E-state index in [2.05, 4.69) is 5.32 Å². The first-order valence-electron chi connectivity index (χ1n) is 3.33. The molecule has 0 bridgehead atoms. The van der Waals surface area contributed by atoms with Gasteiger partial charge in [-0.1, -0.05) is 7.43 Å². The molecular weight excluding hydrogens is 128 g/mol. The fourth-order valence-electron chi connectivity index (χ4n) is 1.54. The summed E-state index contributed by atoms with van der Waals surface area (Å²) >= 11 is 0. The SMILES string of the molecule is C.NC(=O)[C@@H]1C[C@@H]2C[C@@H]2N1. The van der Waals surface area contributed by atoms with E-state index < -0.39 is 0 Å². The van der Waals surface area contributed by atoms with E-state index in [0.29, 0.717) is 6.04 Å². The molecule has 0 radical (unpaired) electrons. The van der Waals surface area contributed by atoms with Crippen molar-refractivity contribution in [3.8, 4) is 0 Å². The van der Waals surface area contributed by atoms with Crippen molar-refractivity contribution in [3.63, 3.8) is 0 Å². The van der Waals surface area contributed by atoms with Crippen LogP contribution in [-0.4, -0.2) is 18.0 Å². The smallest absolute Gasteiger partial charge is 0.234 e. The number of piperidine rings is 1. The standard InChI is InChI=1S/C6H10N2O.CH4/c7-6(9)5-2-3-1-4(3)8-5;/h3-5,8H,1-2H2,(H2,7,9);1H4/t3-,4-,5-;/m0./s1. The molecule has 3 nitrogen and oxygen atoms in total. The summed E-state index contributed by atoms with van der Waals surface area (Å²) in [6.45, 7) is 0. The van der Waals surface area contributed by atoms with Crippen LogP contribution < -0.4 is 11.1 Å². The summed E-state index contributed by atoms with van der Waals surface area (Å²) in [6.07, 6.45) is 2.23. The van der Waals surface area contributed by atoms with Crippen molar-refractivity contribution in [1.29, 1.82) is 0 Å². The number of hydrogen-bond acceptors (Lipinski definition) is 2. The van der Waals surface area contributed by atoms with Crippen LogP contribution in [0.1, 0.15) is 20.3 Å². The zero-order chi connectivity index (χ0) is 6.43. The minimum atomic E-state index is -0.192. The lowest BCUT2D eigenvalue weighted by Gasteiger charge is -2.06. The lowest BCUT2D eigenvalue weighted by atomic mass is 10.2. The Kier molecular flexibility index (Phi) is 1.68. The number of amides is 1. The zero-order valence-electron chi connectivity index (χ0n) is 5.13. The second kappa shape index (κ2) is 2.23. The molecule has 2 rings (SSSR count). The van der Waals surface area contributed by atoms with Crippen LogP contribution in [0.3, 0.4) is 0 Å². The second-order valence-electron chi connectivity index (χ2n) is 2.96. The van der Waals surface area contributed by atoms with Crippen LogP contribution in [0, 0.1) is 5.92 Å². The summed E-state index contributed by atoms with van der Waals surface area (Å²) in [6, 6.07) is 0.608. The molecule has 3 atom stereocenters. The van der Waals surface area contributed by atoms with Crippen LogP contribution in [0.4, 0.5) is 0 Å². The van der Waals surface area contributed by atoms with Gasteiger partial charge in [-0.15, -0.1) is 0 Å². The van der Waals surface area contributed by atoms with Gasteiger partial charge in [0.1, 0.15) is 0 Å². The molecule has 1 aliphatic carbocycles. The number of fused-ring (bicyclic) bond motifs is 1. The molecule has 1 amide bonds. The van der Waals surface area contributed by atoms with E-state index >= 15 is 0 Å². The van der Waals surface area contributed by atoms with E-state index in [1.807, 2.05) is 0 Å². The molecule has 1 aliphatic heterocycles. The van der Waals surface area contributed by atoms with Crippen molar-refractivity contribution in [3.05, 3.63) is 0 Å². The van der Waals surface area contributed by atoms with Crippen LogP contribution in [0.5, 0.6) is 0 Å². The Hall–Kier alpha value is -0.570. The molecule has 3 N–H and O–H groups in total. The Morgan fingerprint density at radius 2 is 2.20 bits per heavy atom. The molecule has 0 aromatic carbocycles. The van der Waals surface area contributed by atoms with Gasteiger partial charge >= 0.3 is 0 Å². The molecule has 0 unspecified atom stereocenters. The van der Waals surface area contributed by atoms with Crippen LogP contribution in [0.15, 0.2) is 0 Å². The quantitative estimate of drug-likeness (QED) is 0.535. The zero-order valence-corrected chi connectivity index (χ0v) is 5.13. The minimum Gasteiger partial charge on any atom is -0.368 e. The molecule has 1 saturated heterocycles. The maximum absolute atomic E-state index is 10.5. The number of rotatable bonds is 1. The summed E-state index contributed by atoms with van der Waals surface area (Å²) in [5, 5.41) is 3.15. The lowest BCUT2D eigenvalue weighted by molar-refractivity contribution is -0.119. The van der Waals surface area contributed by atoms with Gasteiger partial charge in [-0.25, -0.2) is 0 Å². The summed E-state index contributed by atoms with van der Waals surface area (Å²) < 4.78 is 0. The third-order valence-electron chi connectivity index (χ3n) is 2.22. The Bertz CT molecular complexity index is 148. The number of carbonyl (C=O) groups excluding carboxylic acids is 1. The Morgan fingerprint density at radius 3 is 2.50 bits per heavy atom. The molecule has 0 spiro atoms. The molecule has 3 heteroatoms. The first-order valence-corrected chi connectivity index (χ1v) is 3.33. The Labute approximate surface area is 61.0 Å². The highest BCUT2D eigenvalue weighted by molar-refractivity contribution is 5.80. The van der Waals surface area contributed by atoms with E-state index in [1.165, 1.54) is 6.42 Å². The van der Waals surface area contributed by atoms with Gasteiger partial charge in [0.25, 0.3) is 0 Å². The topological polar surface area (TPSA) is 55.1 Å². The van der Waals surface area contributed by atoms with Crippen molar-refractivity contribution in [1.82, 2.24) is 5.32 Å². The molecule has 0 aromatic rings. The monoisotopic (exact) mass is 142 g/mol. The van der Waals surface area contributed by atoms with Gasteiger partial charge < -0.3 is 11.1 Å². The molecule has 1 saturated carbocycles. The third-order valence-corrected chi connectivity index (χ3v) is 2.22. The molecule has 10 heavy (non-hydrogen) atoms. The molecule has 0 aromatic heterocycles. The summed E-state index contributed by atoms with van der Waals surface area (Å²) in [5.41, 5.74) is 5.08. The van der Waals surface area contributed by atoms with Gasteiger partial charge in [-0.3, -0.25) is 4.79 Å². The number of primary amides is 1. The van der Waals surface area contributed by atoms with Gasteiger partial charge in [0.05, 0.1) is 6.04 Å². The van der Waals surface area contributed by atoms with E-state index in [0.717, 1.165) is 12.3 Å². The molecule has 2 fully saturated rings. The van der Waals surface area contributed by atoms with Gasteiger partial charge in [-0.2, -0.15) is 0 Å². The fraction of sp³-hybridized carbons (Fsp3) is 0.857. The van der Waals surface area contributed by atoms with Crippen molar-refractivity contribution in [2.24, 2.45) is 11.7 Å². The molecular formula is C7H14N2O. The second-order valence-corrected chi connectivity index (χ2v) is 2.96. The minimum absolute atomic E-state index is 0. The lowest BCUT2D eigenvalue weighted by Crippen LogP contribution is -2.38. The van der Waals surface area contributed by atoms with Gasteiger partial charge in [-0.05, 0) is 18.8 Å². The highest BCUT2D eigenvalue weighted by Gasteiger charge is 2.47. The molecule has 1 heterocycles. The van der Waals surface area contributed by atoms with Crippen molar-refractivity contribution < 1.29 is 4.79 Å². The van der Waals surface area contributed by atoms with Gasteiger partial charge in [0.15, 0.2) is 0 Å². The van der Waals surface area contributed by atoms with Crippen molar-refractivity contribution in [2.75, 3.05) is 0 Å². The predicted octanol–water partition coefficient (Wildman–Crippen LogP) is -0.142. The summed E-state index contributed by atoms with van der Waals surface area (Å²) in [5.74, 6) is 0.574. The summed E-state index contributed by atoms with van der Waals surface area (Å²) in [7, 11) is 0. The average Bonchev–Trinajstić information content (AvgIpc) is 2.40. The van der Waals surface area contributed by atoms with Crippen molar-refractivity contribution >= 4 is 5.91 Å². The normalized spacial score (nSPS) is 41.8. The fourth-order valence-corrected chi connectivity index (χ4v) is 1.54. The first kappa shape index (κ1) is 7.54. The van der Waals surface area contributed by atoms with E-state index in [9.17, 15) is 4.79 Å². The van der Waals surface area contributed by atoms with Crippen LogP contribution in [-0.2, 0) is 4.79 Å². The first-order chi connectivity index (χ1) is 4.27. The van der Waals surface area contributed by atoms with E-state index in [1.54, 1.807) is 0 Å². The Morgan fingerprint density at radius 1 is 1.50 bits per heavy atom. The molecule has 2 aliphatic rings. The van der Waals surface area contributed by atoms with Crippen LogP contribution in [0.2, 0.25) is 0 Å². The predicted molar refractivity (Wildman–Crippen MR) is 39.4 cm³/mol. The maximum atomic E-state index is 10.5. The largest absolute Gasteiger partial charge is 0.368 e. The van der Waals surface area contributed by atoms with Crippen LogP contribution in [0.25, 0.3) is 0 Å². The molecule has 58 valence electrons. The highest BCUT2D eigenvalue weighted by atomic mass is 16.1. The van der Waals surface area contributed by atoms with Crippen molar-refractivity contribution in [2.45, 2.75) is 32.4 Å². The van der Waals surface area contributed by atoms with Gasteiger partial charge in [0, 0.05) is 6.04 Å². The highest BCUT2D eigenvalue weighted by Crippen LogP contribution is 2.40.